The number of carboxylic acid groups (broad SMARTS) is 1. The van der Waals surface area contributed by atoms with Crippen molar-refractivity contribution in [2.45, 2.75) is 25.0 Å². The number of carbonyl (C=O) groups is 2. The van der Waals surface area contributed by atoms with Crippen LogP contribution in [-0.4, -0.2) is 43.0 Å². The van der Waals surface area contributed by atoms with Crippen molar-refractivity contribution in [3.05, 3.63) is 59.7 Å². The second kappa shape index (κ2) is 7.58. The van der Waals surface area contributed by atoms with Crippen LogP contribution in [0.4, 0.5) is 4.79 Å². The smallest absolute Gasteiger partial charge is 0.407 e. The van der Waals surface area contributed by atoms with Gasteiger partial charge >= 0.3 is 12.1 Å². The van der Waals surface area contributed by atoms with Crippen LogP contribution in [-0.2, 0) is 14.3 Å². The molecule has 6 heteroatoms. The van der Waals surface area contributed by atoms with E-state index in [-0.39, 0.29) is 12.5 Å². The molecule has 0 radical (unpaired) electrons. The molecule has 0 bridgehead atoms. The standard InChI is InChI=1S/C20H21NO5/c1-12(25-2)18(19(22)23)21-20(24)26-11-17-15-9-5-3-7-13(15)14-8-4-6-10-16(14)17/h3-10,12,17-18H,11H2,1-2H3,(H,21,24)(H,22,23)/t12?,18-/m0/s1. The van der Waals surface area contributed by atoms with Crippen LogP contribution < -0.4 is 5.32 Å². The largest absolute Gasteiger partial charge is 0.480 e. The molecule has 1 unspecified atom stereocenters. The second-order valence-corrected chi connectivity index (χ2v) is 6.23. The highest BCUT2D eigenvalue weighted by molar-refractivity contribution is 5.81. The van der Waals surface area contributed by atoms with E-state index in [1.54, 1.807) is 6.92 Å². The highest BCUT2D eigenvalue weighted by atomic mass is 16.5. The molecule has 0 heterocycles. The van der Waals surface area contributed by atoms with Crippen LogP contribution in [0.1, 0.15) is 24.0 Å². The van der Waals surface area contributed by atoms with Gasteiger partial charge in [0.25, 0.3) is 0 Å². The van der Waals surface area contributed by atoms with E-state index in [4.69, 9.17) is 9.47 Å². The van der Waals surface area contributed by atoms with Crippen LogP contribution in [0.15, 0.2) is 48.5 Å². The summed E-state index contributed by atoms with van der Waals surface area (Å²) in [6, 6.07) is 14.9. The van der Waals surface area contributed by atoms with Crippen molar-refractivity contribution < 1.29 is 24.2 Å². The Morgan fingerprint density at radius 3 is 2.12 bits per heavy atom. The topological polar surface area (TPSA) is 84.9 Å². The fourth-order valence-electron chi connectivity index (χ4n) is 3.28. The van der Waals surface area contributed by atoms with E-state index >= 15 is 0 Å². The lowest BCUT2D eigenvalue weighted by Gasteiger charge is -2.21. The third kappa shape index (κ3) is 3.41. The first-order valence-electron chi connectivity index (χ1n) is 8.40. The number of nitrogens with one attached hydrogen (secondary N) is 1. The summed E-state index contributed by atoms with van der Waals surface area (Å²) >= 11 is 0. The molecule has 1 aliphatic rings. The first-order chi connectivity index (χ1) is 12.5. The number of aliphatic carboxylic acids is 1. The van der Waals surface area contributed by atoms with E-state index in [9.17, 15) is 14.7 Å². The SMILES string of the molecule is COC(C)[C@H](NC(=O)OCC1c2ccccc2-c2ccccc21)C(=O)O. The average molecular weight is 355 g/mol. The number of hydrogen-bond donors (Lipinski definition) is 2. The van der Waals surface area contributed by atoms with Gasteiger partial charge in [-0.15, -0.1) is 0 Å². The molecule has 2 atom stereocenters. The molecule has 0 saturated heterocycles. The number of alkyl carbamates (subject to hydrolysis) is 1. The zero-order valence-corrected chi connectivity index (χ0v) is 14.6. The van der Waals surface area contributed by atoms with Crippen molar-refractivity contribution in [3.8, 4) is 11.1 Å². The predicted molar refractivity (Wildman–Crippen MR) is 96.1 cm³/mol. The summed E-state index contributed by atoms with van der Waals surface area (Å²) in [4.78, 5) is 23.4. The highest BCUT2D eigenvalue weighted by Gasteiger charge is 2.31. The molecule has 6 nitrogen and oxygen atoms in total. The number of hydrogen-bond acceptors (Lipinski definition) is 4. The summed E-state index contributed by atoms with van der Waals surface area (Å²) in [5.74, 6) is -1.25. The summed E-state index contributed by atoms with van der Waals surface area (Å²) < 4.78 is 10.3. The number of carbonyl (C=O) groups excluding carboxylic acids is 1. The molecule has 0 fully saturated rings. The maximum absolute atomic E-state index is 12.1. The number of methoxy groups -OCH3 is 1. The number of benzene rings is 2. The third-order valence-electron chi connectivity index (χ3n) is 4.72. The van der Waals surface area contributed by atoms with Crippen LogP contribution in [0.25, 0.3) is 11.1 Å². The Hall–Kier alpha value is -2.86. The molecule has 1 amide bonds. The van der Waals surface area contributed by atoms with E-state index in [1.165, 1.54) is 7.11 Å². The number of amides is 1. The van der Waals surface area contributed by atoms with E-state index in [0.29, 0.717) is 0 Å². The summed E-state index contributed by atoms with van der Waals surface area (Å²) in [6.07, 6.45) is -1.45. The van der Waals surface area contributed by atoms with Gasteiger partial charge in [-0.25, -0.2) is 9.59 Å². The van der Waals surface area contributed by atoms with Gasteiger partial charge in [0.2, 0.25) is 0 Å². The molecular formula is C20H21NO5. The number of ether oxygens (including phenoxy) is 2. The molecule has 3 rings (SSSR count). The lowest BCUT2D eigenvalue weighted by atomic mass is 9.98. The maximum atomic E-state index is 12.1. The molecule has 2 aromatic rings. The van der Waals surface area contributed by atoms with Crippen LogP contribution in [0, 0.1) is 0 Å². The summed E-state index contributed by atoms with van der Waals surface area (Å²) in [6.45, 7) is 1.70. The Morgan fingerprint density at radius 2 is 1.62 bits per heavy atom. The molecule has 0 saturated carbocycles. The Morgan fingerprint density at radius 1 is 1.08 bits per heavy atom. The monoisotopic (exact) mass is 355 g/mol. The molecule has 0 aliphatic heterocycles. The normalized spacial score (nSPS) is 14.8. The summed E-state index contributed by atoms with van der Waals surface area (Å²) in [7, 11) is 1.39. The molecule has 26 heavy (non-hydrogen) atoms. The Balaban J connectivity index is 1.72. The number of rotatable bonds is 6. The quantitative estimate of drug-likeness (QED) is 0.832. The van der Waals surface area contributed by atoms with Crippen molar-refractivity contribution in [2.75, 3.05) is 13.7 Å². The van der Waals surface area contributed by atoms with E-state index in [0.717, 1.165) is 22.3 Å². The van der Waals surface area contributed by atoms with Crippen molar-refractivity contribution in [1.82, 2.24) is 5.32 Å². The van der Waals surface area contributed by atoms with Gasteiger partial charge in [0.1, 0.15) is 6.61 Å². The van der Waals surface area contributed by atoms with Gasteiger partial charge in [-0.3, -0.25) is 0 Å². The molecule has 136 valence electrons. The van der Waals surface area contributed by atoms with Crippen molar-refractivity contribution in [2.24, 2.45) is 0 Å². The van der Waals surface area contributed by atoms with Gasteiger partial charge in [-0.05, 0) is 29.2 Å². The zero-order valence-electron chi connectivity index (χ0n) is 14.6. The Kier molecular flexibility index (Phi) is 5.23. The Labute approximate surface area is 151 Å². The van der Waals surface area contributed by atoms with Crippen molar-refractivity contribution in [3.63, 3.8) is 0 Å². The van der Waals surface area contributed by atoms with Crippen LogP contribution >= 0.6 is 0 Å². The average Bonchev–Trinajstić information content (AvgIpc) is 2.97. The minimum atomic E-state index is -1.17. The van der Waals surface area contributed by atoms with Gasteiger partial charge in [-0.1, -0.05) is 48.5 Å². The molecule has 2 aromatic carbocycles. The molecule has 1 aliphatic carbocycles. The summed E-state index contributed by atoms with van der Waals surface area (Å²) in [5.41, 5.74) is 4.46. The van der Waals surface area contributed by atoms with Crippen molar-refractivity contribution in [1.29, 1.82) is 0 Å². The van der Waals surface area contributed by atoms with E-state index in [1.807, 2.05) is 36.4 Å². The van der Waals surface area contributed by atoms with Crippen LogP contribution in [0.5, 0.6) is 0 Å². The summed E-state index contributed by atoms with van der Waals surface area (Å²) in [5, 5.41) is 11.6. The lowest BCUT2D eigenvalue weighted by molar-refractivity contribution is -0.142. The minimum Gasteiger partial charge on any atom is -0.480 e. The first-order valence-corrected chi connectivity index (χ1v) is 8.40. The van der Waals surface area contributed by atoms with Gasteiger partial charge < -0.3 is 19.9 Å². The van der Waals surface area contributed by atoms with Gasteiger partial charge in [0, 0.05) is 13.0 Å². The fourth-order valence-corrected chi connectivity index (χ4v) is 3.28. The second-order valence-electron chi connectivity index (χ2n) is 6.23. The van der Waals surface area contributed by atoms with Crippen LogP contribution in [0.3, 0.4) is 0 Å². The molecular weight excluding hydrogens is 334 g/mol. The zero-order chi connectivity index (χ0) is 18.7. The van der Waals surface area contributed by atoms with Gasteiger partial charge in [0.05, 0.1) is 6.10 Å². The number of carboxylic acids is 1. The van der Waals surface area contributed by atoms with Gasteiger partial charge in [-0.2, -0.15) is 0 Å². The van der Waals surface area contributed by atoms with E-state index in [2.05, 4.69) is 17.4 Å². The Bertz CT molecular complexity index is 774. The van der Waals surface area contributed by atoms with Crippen LogP contribution in [0.2, 0.25) is 0 Å². The van der Waals surface area contributed by atoms with Gasteiger partial charge in [0.15, 0.2) is 6.04 Å². The fraction of sp³-hybridized carbons (Fsp3) is 0.300. The third-order valence-corrected chi connectivity index (χ3v) is 4.72. The van der Waals surface area contributed by atoms with Crippen molar-refractivity contribution >= 4 is 12.1 Å². The highest BCUT2D eigenvalue weighted by Crippen LogP contribution is 2.44. The predicted octanol–water partition coefficient (Wildman–Crippen LogP) is 3.01. The number of fused-ring (bicyclic) bond motifs is 3. The lowest BCUT2D eigenvalue weighted by Crippen LogP contribution is -2.48. The molecule has 0 spiro atoms. The minimum absolute atomic E-state index is 0.0729. The molecule has 2 N–H and O–H groups in total. The maximum Gasteiger partial charge on any atom is 0.407 e. The first kappa shape index (κ1) is 17.9. The molecule has 0 aromatic heterocycles. The van der Waals surface area contributed by atoms with E-state index < -0.39 is 24.2 Å².